The van der Waals surface area contributed by atoms with Gasteiger partial charge in [0.2, 0.25) is 0 Å². The summed E-state index contributed by atoms with van der Waals surface area (Å²) in [6, 6.07) is 0. The monoisotopic (exact) mass is 256 g/mol. The van der Waals surface area contributed by atoms with Crippen LogP contribution in [0, 0.1) is 5.92 Å². The van der Waals surface area contributed by atoms with E-state index in [1.807, 2.05) is 19.4 Å². The van der Waals surface area contributed by atoms with Crippen molar-refractivity contribution in [3.8, 4) is 0 Å². The van der Waals surface area contributed by atoms with E-state index < -0.39 is 0 Å². The van der Waals surface area contributed by atoms with Crippen molar-refractivity contribution < 1.29 is 4.79 Å². The van der Waals surface area contributed by atoms with Crippen LogP contribution in [0.5, 0.6) is 0 Å². The van der Waals surface area contributed by atoms with Crippen molar-refractivity contribution in [2.75, 3.05) is 0 Å². The summed E-state index contributed by atoms with van der Waals surface area (Å²) in [6.45, 7) is 0. The molecule has 1 heterocycles. The molecule has 1 atom stereocenters. The molecule has 0 amide bonds. The van der Waals surface area contributed by atoms with E-state index in [2.05, 4.69) is 21.0 Å². The zero-order valence-corrected chi connectivity index (χ0v) is 9.70. The summed E-state index contributed by atoms with van der Waals surface area (Å²) in [5, 5.41) is 4.07. The van der Waals surface area contributed by atoms with Gasteiger partial charge < -0.3 is 0 Å². The van der Waals surface area contributed by atoms with Crippen molar-refractivity contribution in [3.05, 3.63) is 18.0 Å². The van der Waals surface area contributed by atoms with Crippen molar-refractivity contribution in [1.29, 1.82) is 0 Å². The number of aryl methyl sites for hydroxylation is 1. The van der Waals surface area contributed by atoms with Gasteiger partial charge in [0.15, 0.2) is 0 Å². The Morgan fingerprint density at radius 3 is 3.00 bits per heavy atom. The molecular formula is C10H13BrN2O. The van der Waals surface area contributed by atoms with Crippen molar-refractivity contribution in [2.24, 2.45) is 13.0 Å². The number of hydrogen-bond donors (Lipinski definition) is 0. The second-order valence-electron chi connectivity index (χ2n) is 3.87. The highest BCUT2D eigenvalue weighted by molar-refractivity contribution is 9.10. The summed E-state index contributed by atoms with van der Waals surface area (Å²) < 4.78 is 1.76. The third kappa shape index (κ3) is 2.23. The first-order valence-corrected chi connectivity index (χ1v) is 5.73. The molecule has 1 aliphatic rings. The van der Waals surface area contributed by atoms with Gasteiger partial charge in [0.05, 0.1) is 11.0 Å². The maximum absolute atomic E-state index is 11.6. The van der Waals surface area contributed by atoms with Gasteiger partial charge in [-0.05, 0) is 24.8 Å². The van der Waals surface area contributed by atoms with Crippen LogP contribution >= 0.6 is 15.9 Å². The molecule has 0 spiro atoms. The van der Waals surface area contributed by atoms with Crippen molar-refractivity contribution in [1.82, 2.24) is 9.78 Å². The van der Waals surface area contributed by atoms with Crippen LogP contribution in [0.4, 0.5) is 0 Å². The van der Waals surface area contributed by atoms with Crippen molar-refractivity contribution in [2.45, 2.75) is 24.1 Å². The summed E-state index contributed by atoms with van der Waals surface area (Å²) in [5.74, 6) is 0.685. The highest BCUT2D eigenvalue weighted by Gasteiger charge is 2.33. The highest BCUT2D eigenvalue weighted by atomic mass is 79.9. The topological polar surface area (TPSA) is 34.9 Å². The van der Waals surface area contributed by atoms with Gasteiger partial charge in [-0.15, -0.1) is 0 Å². The van der Waals surface area contributed by atoms with E-state index in [1.54, 1.807) is 4.68 Å². The summed E-state index contributed by atoms with van der Waals surface area (Å²) in [7, 11) is 1.88. The van der Waals surface area contributed by atoms with Gasteiger partial charge in [0, 0.05) is 19.2 Å². The van der Waals surface area contributed by atoms with Gasteiger partial charge in [-0.25, -0.2) is 0 Å². The zero-order chi connectivity index (χ0) is 10.1. The Labute approximate surface area is 91.6 Å². The summed E-state index contributed by atoms with van der Waals surface area (Å²) >= 11 is 3.44. The minimum atomic E-state index is -0.0285. The zero-order valence-electron chi connectivity index (χ0n) is 8.11. The summed E-state index contributed by atoms with van der Waals surface area (Å²) in [5.41, 5.74) is 1.11. The quantitative estimate of drug-likeness (QED) is 0.769. The lowest BCUT2D eigenvalue weighted by molar-refractivity contribution is -0.119. The molecule has 0 radical (unpaired) electrons. The van der Waals surface area contributed by atoms with Gasteiger partial charge in [-0.2, -0.15) is 5.10 Å². The number of ketones is 1. The Hall–Kier alpha value is -0.640. The van der Waals surface area contributed by atoms with Gasteiger partial charge >= 0.3 is 0 Å². The molecule has 1 fully saturated rings. The number of carbonyl (C=O) groups excluding carboxylic acids is 1. The van der Waals surface area contributed by atoms with Crippen LogP contribution in [0.25, 0.3) is 0 Å². The number of halogens is 1. The number of rotatable bonds is 4. The van der Waals surface area contributed by atoms with E-state index in [9.17, 15) is 4.79 Å². The van der Waals surface area contributed by atoms with Crippen LogP contribution in [0.2, 0.25) is 0 Å². The number of hydrogen-bond acceptors (Lipinski definition) is 2. The lowest BCUT2D eigenvalue weighted by Gasteiger charge is -2.05. The third-order valence-electron chi connectivity index (χ3n) is 2.46. The summed E-state index contributed by atoms with van der Waals surface area (Å²) in [6.07, 6.45) is 6.67. The molecule has 0 bridgehead atoms. The normalized spacial score (nSPS) is 18.1. The number of Topliss-reactive ketones (excluding diaryl/α,β-unsaturated/α-hetero) is 1. The Morgan fingerprint density at radius 1 is 1.79 bits per heavy atom. The highest BCUT2D eigenvalue weighted by Crippen LogP contribution is 2.33. The number of alkyl halides is 1. The smallest absolute Gasteiger partial charge is 0.149 e. The SMILES string of the molecule is Cn1cc(CC(Br)C(=O)C2CC2)cn1. The molecule has 1 aromatic heterocycles. The third-order valence-corrected chi connectivity index (χ3v) is 3.24. The molecular weight excluding hydrogens is 244 g/mol. The molecule has 1 aromatic rings. The molecule has 1 saturated carbocycles. The van der Waals surface area contributed by atoms with Crippen LogP contribution in [0.15, 0.2) is 12.4 Å². The molecule has 76 valence electrons. The van der Waals surface area contributed by atoms with E-state index in [1.165, 1.54) is 0 Å². The van der Waals surface area contributed by atoms with Gasteiger partial charge in [-0.1, -0.05) is 15.9 Å². The van der Waals surface area contributed by atoms with E-state index in [4.69, 9.17) is 0 Å². The van der Waals surface area contributed by atoms with Gasteiger partial charge in [0.1, 0.15) is 5.78 Å². The maximum Gasteiger partial charge on any atom is 0.149 e. The fourth-order valence-corrected chi connectivity index (χ4v) is 2.26. The number of nitrogens with zero attached hydrogens (tertiary/aromatic N) is 2. The summed E-state index contributed by atoms with van der Waals surface area (Å²) in [4.78, 5) is 11.6. The fourth-order valence-electron chi connectivity index (χ4n) is 1.51. The number of carbonyl (C=O) groups is 1. The lowest BCUT2D eigenvalue weighted by atomic mass is 10.1. The first kappa shape index (κ1) is 9.90. The first-order chi connectivity index (χ1) is 6.66. The van der Waals surface area contributed by atoms with Crippen molar-refractivity contribution >= 4 is 21.7 Å². The van der Waals surface area contributed by atoms with Crippen LogP contribution in [-0.4, -0.2) is 20.4 Å². The molecule has 0 saturated heterocycles. The second-order valence-corrected chi connectivity index (χ2v) is 4.98. The molecule has 2 rings (SSSR count). The lowest BCUT2D eigenvalue weighted by Crippen LogP contribution is -2.18. The van der Waals surface area contributed by atoms with Crippen LogP contribution in [-0.2, 0) is 18.3 Å². The molecule has 4 heteroatoms. The second kappa shape index (κ2) is 3.85. The minimum Gasteiger partial charge on any atom is -0.298 e. The standard InChI is InChI=1S/C10H13BrN2O/c1-13-6-7(5-12-13)4-9(11)10(14)8-2-3-8/h5-6,8-9H,2-4H2,1H3. The van der Waals surface area contributed by atoms with Crippen LogP contribution < -0.4 is 0 Å². The molecule has 1 aliphatic carbocycles. The van der Waals surface area contributed by atoms with Gasteiger partial charge in [0.25, 0.3) is 0 Å². The predicted octanol–water partition coefficient (Wildman–Crippen LogP) is 1.71. The Bertz CT molecular complexity index is 344. The fraction of sp³-hybridized carbons (Fsp3) is 0.600. The maximum atomic E-state index is 11.6. The van der Waals surface area contributed by atoms with Crippen molar-refractivity contribution in [3.63, 3.8) is 0 Å². The molecule has 0 aromatic carbocycles. The largest absolute Gasteiger partial charge is 0.298 e. The molecule has 0 aliphatic heterocycles. The Morgan fingerprint density at radius 2 is 2.50 bits per heavy atom. The average Bonchev–Trinajstić information content (AvgIpc) is 2.91. The number of aromatic nitrogens is 2. The van der Waals surface area contributed by atoms with E-state index in [0.29, 0.717) is 11.7 Å². The van der Waals surface area contributed by atoms with Crippen LogP contribution in [0.1, 0.15) is 18.4 Å². The molecule has 3 nitrogen and oxygen atoms in total. The molecule has 0 N–H and O–H groups in total. The molecule has 14 heavy (non-hydrogen) atoms. The predicted molar refractivity (Wildman–Crippen MR) is 57.4 cm³/mol. The van der Waals surface area contributed by atoms with Crippen LogP contribution in [0.3, 0.4) is 0 Å². The van der Waals surface area contributed by atoms with E-state index in [0.717, 1.165) is 24.8 Å². The Kier molecular flexibility index (Phi) is 2.72. The first-order valence-electron chi connectivity index (χ1n) is 4.82. The molecule has 1 unspecified atom stereocenters. The minimum absolute atomic E-state index is 0.0285. The van der Waals surface area contributed by atoms with Gasteiger partial charge in [-0.3, -0.25) is 9.48 Å². The average molecular weight is 257 g/mol. The van der Waals surface area contributed by atoms with E-state index >= 15 is 0 Å². The van der Waals surface area contributed by atoms with E-state index in [-0.39, 0.29) is 4.83 Å². The Balaban J connectivity index is 1.93.